The molecular formula is C9H9FN4. The Bertz CT molecular complexity index is 399. The number of halogens is 1. The van der Waals surface area contributed by atoms with Crippen molar-refractivity contribution in [3.8, 4) is 0 Å². The number of H-pyrrole nitrogens is 1. The van der Waals surface area contributed by atoms with Gasteiger partial charge in [0.25, 0.3) is 0 Å². The molecule has 2 N–H and O–H groups in total. The minimum Gasteiger partial charge on any atom is -0.380 e. The monoisotopic (exact) mass is 192 g/mol. The summed E-state index contributed by atoms with van der Waals surface area (Å²) in [6.07, 6.45) is 6.23. The summed E-state index contributed by atoms with van der Waals surface area (Å²) in [4.78, 5) is 3.72. The molecule has 0 saturated heterocycles. The Kier molecular flexibility index (Phi) is 2.40. The zero-order valence-corrected chi connectivity index (χ0v) is 7.37. The molecule has 0 radical (unpaired) electrons. The maximum Gasteiger partial charge on any atom is 0.143 e. The molecule has 0 aliphatic rings. The van der Waals surface area contributed by atoms with Crippen LogP contribution in [0.2, 0.25) is 0 Å². The van der Waals surface area contributed by atoms with Crippen LogP contribution in [0.25, 0.3) is 0 Å². The number of hydrogen-bond acceptors (Lipinski definition) is 3. The van der Waals surface area contributed by atoms with Gasteiger partial charge in [-0.3, -0.25) is 10.1 Å². The van der Waals surface area contributed by atoms with Crippen molar-refractivity contribution in [2.24, 2.45) is 0 Å². The summed E-state index contributed by atoms with van der Waals surface area (Å²) in [7, 11) is 0. The van der Waals surface area contributed by atoms with Crippen LogP contribution in [-0.4, -0.2) is 15.2 Å². The molecule has 72 valence electrons. The molecule has 0 spiro atoms. The number of nitrogens with one attached hydrogen (secondary N) is 2. The van der Waals surface area contributed by atoms with Gasteiger partial charge in [-0.05, 0) is 0 Å². The number of aromatic nitrogens is 3. The lowest BCUT2D eigenvalue weighted by Crippen LogP contribution is -1.98. The van der Waals surface area contributed by atoms with Crippen molar-refractivity contribution in [1.29, 1.82) is 0 Å². The number of anilines is 1. The molecule has 0 amide bonds. The number of aromatic amines is 1. The smallest absolute Gasteiger partial charge is 0.143 e. The lowest BCUT2D eigenvalue weighted by Gasteiger charge is -2.03. The molecule has 4 nitrogen and oxygen atoms in total. The van der Waals surface area contributed by atoms with Gasteiger partial charge in [0.1, 0.15) is 5.82 Å². The molecule has 2 heterocycles. The van der Waals surface area contributed by atoms with Crippen molar-refractivity contribution in [1.82, 2.24) is 15.2 Å². The molecule has 5 heteroatoms. The fraction of sp³-hybridized carbons (Fsp3) is 0.111. The Morgan fingerprint density at radius 3 is 3.00 bits per heavy atom. The first-order valence-corrected chi connectivity index (χ1v) is 4.17. The van der Waals surface area contributed by atoms with Gasteiger partial charge in [-0.2, -0.15) is 5.10 Å². The summed E-state index contributed by atoms with van der Waals surface area (Å²) >= 11 is 0. The Balaban J connectivity index is 1.98. The Morgan fingerprint density at radius 1 is 1.36 bits per heavy atom. The molecule has 0 aliphatic heterocycles. The first kappa shape index (κ1) is 8.68. The van der Waals surface area contributed by atoms with Crippen LogP contribution in [0.5, 0.6) is 0 Å². The molecule has 2 aromatic rings. The second-order valence-electron chi connectivity index (χ2n) is 2.85. The van der Waals surface area contributed by atoms with E-state index in [4.69, 9.17) is 0 Å². The Labute approximate surface area is 80.2 Å². The third-order valence-corrected chi connectivity index (χ3v) is 1.76. The molecule has 0 bridgehead atoms. The lowest BCUT2D eigenvalue weighted by molar-refractivity contribution is 0.622. The van der Waals surface area contributed by atoms with Gasteiger partial charge in [-0.25, -0.2) is 4.39 Å². The molecule has 0 fully saturated rings. The lowest BCUT2D eigenvalue weighted by atomic mass is 10.3. The van der Waals surface area contributed by atoms with E-state index in [1.807, 2.05) is 0 Å². The van der Waals surface area contributed by atoms with Gasteiger partial charge in [0.2, 0.25) is 0 Å². The van der Waals surface area contributed by atoms with Gasteiger partial charge in [-0.1, -0.05) is 0 Å². The van der Waals surface area contributed by atoms with Gasteiger partial charge in [-0.15, -0.1) is 0 Å². The van der Waals surface area contributed by atoms with Crippen LogP contribution in [-0.2, 0) is 6.54 Å². The van der Waals surface area contributed by atoms with E-state index in [1.165, 1.54) is 12.3 Å². The molecule has 2 rings (SSSR count). The van der Waals surface area contributed by atoms with E-state index < -0.39 is 0 Å². The average Bonchev–Trinajstić information content (AvgIpc) is 2.67. The third kappa shape index (κ3) is 2.07. The maximum absolute atomic E-state index is 12.7. The molecule has 0 unspecified atom stereocenters. The molecule has 14 heavy (non-hydrogen) atoms. The highest BCUT2D eigenvalue weighted by Gasteiger charge is 1.96. The number of rotatable bonds is 3. The highest BCUT2D eigenvalue weighted by Crippen LogP contribution is 2.08. The van der Waals surface area contributed by atoms with Crippen LogP contribution in [0.3, 0.4) is 0 Å². The highest BCUT2D eigenvalue weighted by atomic mass is 19.1. The van der Waals surface area contributed by atoms with Crippen LogP contribution in [0.1, 0.15) is 5.56 Å². The topological polar surface area (TPSA) is 53.6 Å². The van der Waals surface area contributed by atoms with Crippen molar-refractivity contribution in [2.75, 3.05) is 5.32 Å². The van der Waals surface area contributed by atoms with Crippen molar-refractivity contribution >= 4 is 5.69 Å². The van der Waals surface area contributed by atoms with E-state index in [0.29, 0.717) is 12.2 Å². The van der Waals surface area contributed by atoms with Crippen molar-refractivity contribution in [3.63, 3.8) is 0 Å². The standard InChI is InChI=1S/C9H9FN4/c10-8-1-9(6-11-5-8)12-2-7-3-13-14-4-7/h1,3-6,12H,2H2,(H,13,14). The van der Waals surface area contributed by atoms with E-state index in [0.717, 1.165) is 5.56 Å². The first-order chi connectivity index (χ1) is 6.84. The normalized spacial score (nSPS) is 10.1. The van der Waals surface area contributed by atoms with Gasteiger partial charge < -0.3 is 5.32 Å². The SMILES string of the molecule is Fc1cncc(NCc2cn[nH]c2)c1. The number of nitrogens with zero attached hydrogens (tertiary/aromatic N) is 2. The zero-order valence-electron chi connectivity index (χ0n) is 7.37. The van der Waals surface area contributed by atoms with E-state index >= 15 is 0 Å². The Morgan fingerprint density at radius 2 is 2.29 bits per heavy atom. The molecule has 0 aromatic carbocycles. The first-order valence-electron chi connectivity index (χ1n) is 4.17. The molecule has 0 aliphatic carbocycles. The predicted molar refractivity (Wildman–Crippen MR) is 50.1 cm³/mol. The molecular weight excluding hydrogens is 183 g/mol. The summed E-state index contributed by atoms with van der Waals surface area (Å²) in [5.41, 5.74) is 1.67. The summed E-state index contributed by atoms with van der Waals surface area (Å²) in [6, 6.07) is 1.40. The largest absolute Gasteiger partial charge is 0.380 e. The third-order valence-electron chi connectivity index (χ3n) is 1.76. The van der Waals surface area contributed by atoms with E-state index in [9.17, 15) is 4.39 Å². The van der Waals surface area contributed by atoms with E-state index in [-0.39, 0.29) is 5.82 Å². The molecule has 0 atom stereocenters. The summed E-state index contributed by atoms with van der Waals surface area (Å²) in [6.45, 7) is 0.599. The summed E-state index contributed by atoms with van der Waals surface area (Å²) < 4.78 is 12.7. The van der Waals surface area contributed by atoms with Gasteiger partial charge in [0.05, 0.1) is 24.3 Å². The summed E-state index contributed by atoms with van der Waals surface area (Å²) in [5, 5.41) is 9.52. The fourth-order valence-corrected chi connectivity index (χ4v) is 1.09. The van der Waals surface area contributed by atoms with Crippen LogP contribution < -0.4 is 5.32 Å². The minimum absolute atomic E-state index is 0.345. The van der Waals surface area contributed by atoms with E-state index in [2.05, 4.69) is 20.5 Å². The highest BCUT2D eigenvalue weighted by molar-refractivity contribution is 5.40. The number of hydrogen-bond donors (Lipinski definition) is 2. The second-order valence-corrected chi connectivity index (χ2v) is 2.85. The second kappa shape index (κ2) is 3.87. The zero-order chi connectivity index (χ0) is 9.80. The fourth-order valence-electron chi connectivity index (χ4n) is 1.09. The van der Waals surface area contributed by atoms with Gasteiger partial charge in [0.15, 0.2) is 0 Å². The molecule has 2 aromatic heterocycles. The van der Waals surface area contributed by atoms with Crippen molar-refractivity contribution in [3.05, 3.63) is 42.2 Å². The quantitative estimate of drug-likeness (QED) is 0.775. The number of pyridine rings is 1. The van der Waals surface area contributed by atoms with Crippen LogP contribution in [0.4, 0.5) is 10.1 Å². The summed E-state index contributed by atoms with van der Waals surface area (Å²) in [5.74, 6) is -0.345. The van der Waals surface area contributed by atoms with Crippen LogP contribution in [0, 0.1) is 5.82 Å². The molecule has 0 saturated carbocycles. The van der Waals surface area contributed by atoms with Crippen LogP contribution in [0.15, 0.2) is 30.9 Å². The average molecular weight is 192 g/mol. The van der Waals surface area contributed by atoms with Crippen LogP contribution >= 0.6 is 0 Å². The maximum atomic E-state index is 12.7. The minimum atomic E-state index is -0.345. The van der Waals surface area contributed by atoms with Gasteiger partial charge in [0, 0.05) is 24.4 Å². The van der Waals surface area contributed by atoms with Gasteiger partial charge >= 0.3 is 0 Å². The van der Waals surface area contributed by atoms with E-state index in [1.54, 1.807) is 18.6 Å². The Hall–Kier alpha value is -1.91. The predicted octanol–water partition coefficient (Wildman–Crippen LogP) is 1.56. The van der Waals surface area contributed by atoms with Crippen molar-refractivity contribution in [2.45, 2.75) is 6.54 Å². The van der Waals surface area contributed by atoms with Crippen molar-refractivity contribution < 1.29 is 4.39 Å².